The Morgan fingerprint density at radius 3 is 2.62 bits per heavy atom. The van der Waals surface area contributed by atoms with E-state index in [9.17, 15) is 10.1 Å². The van der Waals surface area contributed by atoms with E-state index in [0.29, 0.717) is 26.7 Å². The normalized spacial score (nSPS) is 10.4. The van der Waals surface area contributed by atoms with E-state index in [0.717, 1.165) is 5.56 Å². The van der Waals surface area contributed by atoms with Gasteiger partial charge in [0.2, 0.25) is 0 Å². The monoisotopic (exact) mass is 389 g/mol. The van der Waals surface area contributed by atoms with Gasteiger partial charge in [-0.1, -0.05) is 51.3 Å². The number of alkyl halides is 1. The molecule has 21 heavy (non-hydrogen) atoms. The smallest absolute Gasteiger partial charge is 0.276 e. The van der Waals surface area contributed by atoms with Gasteiger partial charge >= 0.3 is 0 Å². The molecule has 0 heterocycles. The summed E-state index contributed by atoms with van der Waals surface area (Å²) in [6.07, 6.45) is 0. The minimum absolute atomic E-state index is 0.0145. The van der Waals surface area contributed by atoms with Crippen LogP contribution in [0.5, 0.6) is 5.75 Å². The summed E-state index contributed by atoms with van der Waals surface area (Å²) < 4.78 is 5.67. The van der Waals surface area contributed by atoms with Crippen molar-refractivity contribution >= 4 is 44.8 Å². The highest BCUT2D eigenvalue weighted by atomic mass is 79.9. The summed E-state index contributed by atoms with van der Waals surface area (Å²) in [6, 6.07) is 9.73. The quantitative estimate of drug-likeness (QED) is 0.391. The molecule has 2 aromatic rings. The molecule has 0 aliphatic rings. The zero-order valence-corrected chi connectivity index (χ0v) is 13.8. The number of nitrogens with zero attached hydrogens (tertiary/aromatic N) is 1. The fourth-order valence-electron chi connectivity index (χ4n) is 1.82. The Kier molecular flexibility index (Phi) is 5.45. The second kappa shape index (κ2) is 7.11. The summed E-state index contributed by atoms with van der Waals surface area (Å²) in [5, 5.41) is 12.4. The predicted molar refractivity (Wildman–Crippen MR) is 86.5 cm³/mol. The molecule has 0 aliphatic heterocycles. The van der Waals surface area contributed by atoms with Gasteiger partial charge in [0.05, 0.1) is 15.5 Å². The Bertz CT molecular complexity index is 679. The van der Waals surface area contributed by atoms with Crippen molar-refractivity contribution < 1.29 is 9.66 Å². The Morgan fingerprint density at radius 1 is 1.19 bits per heavy atom. The van der Waals surface area contributed by atoms with Gasteiger partial charge in [0.15, 0.2) is 0 Å². The van der Waals surface area contributed by atoms with Gasteiger partial charge in [-0.15, -0.1) is 0 Å². The number of hydrogen-bond donors (Lipinski definition) is 0. The Labute approximate surface area is 139 Å². The molecular formula is C14H10BrCl2NO3. The molecule has 2 rings (SSSR count). The number of rotatable bonds is 5. The van der Waals surface area contributed by atoms with Crippen LogP contribution in [0.1, 0.15) is 11.1 Å². The van der Waals surface area contributed by atoms with Crippen molar-refractivity contribution in [3.05, 3.63) is 67.7 Å². The van der Waals surface area contributed by atoms with Gasteiger partial charge in [-0.3, -0.25) is 10.1 Å². The SMILES string of the molecule is O=[N+]([O-])c1ccc(Cl)cc1COc1c(Cl)cccc1CBr. The molecular weight excluding hydrogens is 381 g/mol. The van der Waals surface area contributed by atoms with Crippen molar-refractivity contribution in [1.29, 1.82) is 0 Å². The molecule has 110 valence electrons. The number of nitro groups is 1. The average molecular weight is 391 g/mol. The number of nitro benzene ring substituents is 1. The molecule has 0 radical (unpaired) electrons. The highest BCUT2D eigenvalue weighted by molar-refractivity contribution is 9.08. The molecule has 0 aliphatic carbocycles. The van der Waals surface area contributed by atoms with E-state index >= 15 is 0 Å². The van der Waals surface area contributed by atoms with E-state index in [1.54, 1.807) is 6.07 Å². The van der Waals surface area contributed by atoms with Crippen LogP contribution in [0.3, 0.4) is 0 Å². The fraction of sp³-hybridized carbons (Fsp3) is 0.143. The number of para-hydroxylation sites is 1. The number of halogens is 3. The van der Waals surface area contributed by atoms with E-state index in [4.69, 9.17) is 27.9 Å². The number of ether oxygens (including phenoxy) is 1. The van der Waals surface area contributed by atoms with E-state index in [1.807, 2.05) is 12.1 Å². The van der Waals surface area contributed by atoms with E-state index in [2.05, 4.69) is 15.9 Å². The fourth-order valence-corrected chi connectivity index (χ4v) is 2.70. The molecule has 0 atom stereocenters. The molecule has 0 saturated heterocycles. The van der Waals surface area contributed by atoms with Crippen LogP contribution >= 0.6 is 39.1 Å². The second-order valence-electron chi connectivity index (χ2n) is 4.18. The van der Waals surface area contributed by atoms with Crippen molar-refractivity contribution in [2.24, 2.45) is 0 Å². The lowest BCUT2D eigenvalue weighted by atomic mass is 10.2. The maximum absolute atomic E-state index is 11.0. The average Bonchev–Trinajstić information content (AvgIpc) is 2.45. The molecule has 0 N–H and O–H groups in total. The van der Waals surface area contributed by atoms with Gasteiger partial charge < -0.3 is 4.74 Å². The zero-order chi connectivity index (χ0) is 15.4. The first kappa shape index (κ1) is 16.1. The van der Waals surface area contributed by atoms with Crippen molar-refractivity contribution in [3.63, 3.8) is 0 Å². The van der Waals surface area contributed by atoms with Crippen molar-refractivity contribution in [3.8, 4) is 5.75 Å². The van der Waals surface area contributed by atoms with Gasteiger partial charge in [0.25, 0.3) is 5.69 Å². The largest absolute Gasteiger partial charge is 0.487 e. The minimum Gasteiger partial charge on any atom is -0.487 e. The van der Waals surface area contributed by atoms with Gasteiger partial charge in [0, 0.05) is 22.0 Å². The standard InChI is InChI=1S/C14H10BrCl2NO3/c15-7-9-2-1-3-12(17)14(9)21-8-10-6-11(16)4-5-13(10)18(19)20/h1-6H,7-8H2. The van der Waals surface area contributed by atoms with Gasteiger partial charge in [-0.2, -0.15) is 0 Å². The molecule has 0 spiro atoms. The van der Waals surface area contributed by atoms with Crippen LogP contribution in [0.4, 0.5) is 5.69 Å². The molecule has 2 aromatic carbocycles. The van der Waals surface area contributed by atoms with Crippen LogP contribution < -0.4 is 4.74 Å². The Hall–Kier alpha value is -1.30. The van der Waals surface area contributed by atoms with Crippen LogP contribution in [0.25, 0.3) is 0 Å². The Morgan fingerprint density at radius 2 is 1.95 bits per heavy atom. The maximum atomic E-state index is 11.0. The van der Waals surface area contributed by atoms with Crippen LogP contribution in [0.15, 0.2) is 36.4 Å². The molecule has 0 bridgehead atoms. The third kappa shape index (κ3) is 3.87. The Balaban J connectivity index is 2.28. The predicted octanol–water partition coefficient (Wildman–Crippen LogP) is 5.38. The first-order valence-electron chi connectivity index (χ1n) is 5.92. The summed E-state index contributed by atoms with van der Waals surface area (Å²) in [5.74, 6) is 0.505. The van der Waals surface area contributed by atoms with E-state index < -0.39 is 4.92 Å². The molecule has 7 heteroatoms. The summed E-state index contributed by atoms with van der Waals surface area (Å²) >= 11 is 15.3. The van der Waals surface area contributed by atoms with Crippen LogP contribution in [-0.2, 0) is 11.9 Å². The minimum atomic E-state index is -0.465. The van der Waals surface area contributed by atoms with Gasteiger partial charge in [0.1, 0.15) is 12.4 Å². The first-order chi connectivity index (χ1) is 10.0. The third-order valence-electron chi connectivity index (χ3n) is 2.80. The third-order valence-corrected chi connectivity index (χ3v) is 3.94. The number of hydrogen-bond acceptors (Lipinski definition) is 3. The van der Waals surface area contributed by atoms with Crippen LogP contribution in [0, 0.1) is 10.1 Å². The maximum Gasteiger partial charge on any atom is 0.276 e. The molecule has 0 fully saturated rings. The molecule has 0 aromatic heterocycles. The summed E-state index contributed by atoms with van der Waals surface area (Å²) in [4.78, 5) is 10.5. The highest BCUT2D eigenvalue weighted by Gasteiger charge is 2.16. The molecule has 0 saturated carbocycles. The number of benzene rings is 2. The van der Waals surface area contributed by atoms with Crippen LogP contribution in [0.2, 0.25) is 10.0 Å². The van der Waals surface area contributed by atoms with E-state index in [1.165, 1.54) is 18.2 Å². The topological polar surface area (TPSA) is 52.4 Å². The summed E-state index contributed by atoms with van der Waals surface area (Å²) in [7, 11) is 0. The molecule has 4 nitrogen and oxygen atoms in total. The first-order valence-corrected chi connectivity index (χ1v) is 7.79. The zero-order valence-electron chi connectivity index (χ0n) is 10.7. The van der Waals surface area contributed by atoms with Crippen LogP contribution in [-0.4, -0.2) is 4.92 Å². The lowest BCUT2D eigenvalue weighted by Crippen LogP contribution is -2.02. The molecule has 0 amide bonds. The highest BCUT2D eigenvalue weighted by Crippen LogP contribution is 2.32. The lowest BCUT2D eigenvalue weighted by Gasteiger charge is -2.12. The molecule has 0 unspecified atom stereocenters. The van der Waals surface area contributed by atoms with Gasteiger partial charge in [-0.05, 0) is 18.2 Å². The summed E-state index contributed by atoms with van der Waals surface area (Å²) in [6.45, 7) is 0.0145. The second-order valence-corrected chi connectivity index (χ2v) is 5.58. The van der Waals surface area contributed by atoms with Crippen molar-refractivity contribution in [2.45, 2.75) is 11.9 Å². The van der Waals surface area contributed by atoms with Gasteiger partial charge in [-0.25, -0.2) is 0 Å². The van der Waals surface area contributed by atoms with Crippen molar-refractivity contribution in [1.82, 2.24) is 0 Å². The lowest BCUT2D eigenvalue weighted by molar-refractivity contribution is -0.385. The summed E-state index contributed by atoms with van der Waals surface area (Å²) in [5.41, 5.74) is 1.23. The van der Waals surface area contributed by atoms with Crippen molar-refractivity contribution in [2.75, 3.05) is 0 Å². The van der Waals surface area contributed by atoms with E-state index in [-0.39, 0.29) is 12.3 Å².